The van der Waals surface area contributed by atoms with Gasteiger partial charge in [0.15, 0.2) is 0 Å². The lowest BCUT2D eigenvalue weighted by Gasteiger charge is -2.24. The summed E-state index contributed by atoms with van der Waals surface area (Å²) >= 11 is 3.36. The van der Waals surface area contributed by atoms with Crippen molar-refractivity contribution >= 4 is 21.9 Å². The van der Waals surface area contributed by atoms with Crippen molar-refractivity contribution in [3.63, 3.8) is 0 Å². The van der Waals surface area contributed by atoms with Gasteiger partial charge in [0.05, 0.1) is 11.5 Å². The lowest BCUT2D eigenvalue weighted by atomic mass is 9.84. The van der Waals surface area contributed by atoms with E-state index in [0.29, 0.717) is 18.2 Å². The molecule has 4 heteroatoms. The normalized spacial score (nSPS) is 26.7. The highest BCUT2D eigenvalue weighted by atomic mass is 79.9. The van der Waals surface area contributed by atoms with Gasteiger partial charge in [-0.25, -0.2) is 0 Å². The molecule has 0 bridgehead atoms. The van der Waals surface area contributed by atoms with Crippen LogP contribution in [-0.2, 0) is 4.79 Å². The number of aliphatic carboxylic acids is 1. The van der Waals surface area contributed by atoms with Gasteiger partial charge in [-0.3, -0.25) is 4.79 Å². The van der Waals surface area contributed by atoms with Gasteiger partial charge in [0, 0.05) is 16.7 Å². The van der Waals surface area contributed by atoms with Crippen LogP contribution in [0, 0.1) is 19.3 Å². The molecule has 1 heterocycles. The van der Waals surface area contributed by atoms with Crippen molar-refractivity contribution in [2.75, 3.05) is 5.33 Å². The summed E-state index contributed by atoms with van der Waals surface area (Å²) < 4.78 is 2.22. The molecular weight excluding hydrogens is 294 g/mol. The SMILES string of the molecule is Cc1ccc(C)n1[C@@H]1C=C[C@](CCBr)(C(=O)O)C1. The largest absolute Gasteiger partial charge is 0.481 e. The molecule has 0 spiro atoms. The van der Waals surface area contributed by atoms with E-state index in [1.54, 1.807) is 0 Å². The monoisotopic (exact) mass is 311 g/mol. The van der Waals surface area contributed by atoms with Crippen molar-refractivity contribution in [1.82, 2.24) is 4.57 Å². The second kappa shape index (κ2) is 4.92. The Morgan fingerprint density at radius 2 is 2.11 bits per heavy atom. The van der Waals surface area contributed by atoms with Gasteiger partial charge in [0.2, 0.25) is 0 Å². The van der Waals surface area contributed by atoms with E-state index in [9.17, 15) is 9.90 Å². The molecule has 1 aromatic rings. The van der Waals surface area contributed by atoms with Crippen molar-refractivity contribution < 1.29 is 9.90 Å². The molecule has 0 aliphatic heterocycles. The minimum Gasteiger partial charge on any atom is -0.481 e. The number of hydrogen-bond acceptors (Lipinski definition) is 1. The van der Waals surface area contributed by atoms with Crippen LogP contribution in [0.15, 0.2) is 24.3 Å². The molecule has 0 fully saturated rings. The zero-order chi connectivity index (χ0) is 13.3. The molecular formula is C14H18BrNO2. The number of halogens is 1. The molecule has 18 heavy (non-hydrogen) atoms. The number of rotatable bonds is 4. The highest BCUT2D eigenvalue weighted by Crippen LogP contribution is 2.42. The molecule has 1 aliphatic rings. The van der Waals surface area contributed by atoms with Gasteiger partial charge >= 0.3 is 5.97 Å². The van der Waals surface area contributed by atoms with E-state index in [0.717, 1.165) is 0 Å². The first-order valence-corrected chi connectivity index (χ1v) is 7.25. The van der Waals surface area contributed by atoms with Crippen LogP contribution >= 0.6 is 15.9 Å². The van der Waals surface area contributed by atoms with Gasteiger partial charge in [0.25, 0.3) is 0 Å². The van der Waals surface area contributed by atoms with Crippen molar-refractivity contribution in [3.05, 3.63) is 35.7 Å². The van der Waals surface area contributed by atoms with Crippen LogP contribution in [-0.4, -0.2) is 21.0 Å². The molecule has 1 aromatic heterocycles. The molecule has 2 rings (SSSR count). The Hall–Kier alpha value is -1.03. The van der Waals surface area contributed by atoms with E-state index in [-0.39, 0.29) is 6.04 Å². The number of carboxylic acid groups (broad SMARTS) is 1. The van der Waals surface area contributed by atoms with E-state index in [2.05, 4.69) is 46.5 Å². The molecule has 0 saturated heterocycles. The predicted octanol–water partition coefficient (Wildman–Crippen LogP) is 3.46. The molecule has 0 amide bonds. The summed E-state index contributed by atoms with van der Waals surface area (Å²) in [5.41, 5.74) is 1.65. The van der Waals surface area contributed by atoms with Crippen LogP contribution in [0.5, 0.6) is 0 Å². The molecule has 3 nitrogen and oxygen atoms in total. The quantitative estimate of drug-likeness (QED) is 0.683. The summed E-state index contributed by atoms with van der Waals surface area (Å²) in [6.45, 7) is 4.12. The topological polar surface area (TPSA) is 42.2 Å². The third-order valence-electron chi connectivity index (χ3n) is 3.83. The fraction of sp³-hybridized carbons (Fsp3) is 0.500. The average molecular weight is 312 g/mol. The third kappa shape index (κ3) is 2.14. The molecule has 0 unspecified atom stereocenters. The Kier molecular flexibility index (Phi) is 3.66. The second-order valence-electron chi connectivity index (χ2n) is 5.02. The summed E-state index contributed by atoms with van der Waals surface area (Å²) in [4.78, 5) is 11.5. The van der Waals surface area contributed by atoms with Crippen molar-refractivity contribution in [3.8, 4) is 0 Å². The Labute approximate surface area is 116 Å². The van der Waals surface area contributed by atoms with E-state index in [1.807, 2.05) is 12.2 Å². The summed E-state index contributed by atoms with van der Waals surface area (Å²) in [6.07, 6.45) is 5.19. The minimum atomic E-state index is -0.719. The first-order chi connectivity index (χ1) is 8.50. The van der Waals surface area contributed by atoms with Gasteiger partial charge in [-0.15, -0.1) is 0 Å². The third-order valence-corrected chi connectivity index (χ3v) is 4.23. The smallest absolute Gasteiger partial charge is 0.313 e. The lowest BCUT2D eigenvalue weighted by Crippen LogP contribution is -2.29. The summed E-state index contributed by atoms with van der Waals surface area (Å²) in [5, 5.41) is 10.2. The lowest BCUT2D eigenvalue weighted by molar-refractivity contribution is -0.146. The van der Waals surface area contributed by atoms with Gasteiger partial charge < -0.3 is 9.67 Å². The Bertz CT molecular complexity index is 472. The zero-order valence-corrected chi connectivity index (χ0v) is 12.3. The van der Waals surface area contributed by atoms with E-state index < -0.39 is 11.4 Å². The fourth-order valence-electron chi connectivity index (χ4n) is 2.80. The first-order valence-electron chi connectivity index (χ1n) is 6.13. The first kappa shape index (κ1) is 13.4. The number of carbonyl (C=O) groups is 1. The Morgan fingerprint density at radius 1 is 1.50 bits per heavy atom. The molecule has 1 N–H and O–H groups in total. The standard InChI is InChI=1S/C14H18BrNO2/c1-10-3-4-11(2)16(10)12-5-6-14(9-12,7-8-15)13(17)18/h3-6,12H,7-9H2,1-2H3,(H,17,18)/t12-,14-/m1/s1. The summed E-state index contributed by atoms with van der Waals surface area (Å²) in [5.74, 6) is -0.719. The molecule has 0 saturated carbocycles. The van der Waals surface area contributed by atoms with Crippen LogP contribution in [0.2, 0.25) is 0 Å². The maximum absolute atomic E-state index is 11.5. The number of allylic oxidation sites excluding steroid dienone is 1. The van der Waals surface area contributed by atoms with Crippen molar-refractivity contribution in [2.24, 2.45) is 5.41 Å². The van der Waals surface area contributed by atoms with Crippen molar-refractivity contribution in [1.29, 1.82) is 0 Å². The van der Waals surface area contributed by atoms with Gasteiger partial charge in [0.1, 0.15) is 0 Å². The predicted molar refractivity (Wildman–Crippen MR) is 75.2 cm³/mol. The Balaban J connectivity index is 2.28. The second-order valence-corrected chi connectivity index (χ2v) is 5.81. The molecule has 0 radical (unpaired) electrons. The minimum absolute atomic E-state index is 0.162. The molecule has 1 aliphatic carbocycles. The van der Waals surface area contributed by atoms with Crippen LogP contribution in [0.3, 0.4) is 0 Å². The maximum Gasteiger partial charge on any atom is 0.313 e. The summed E-state index contributed by atoms with van der Waals surface area (Å²) in [7, 11) is 0. The molecule has 98 valence electrons. The van der Waals surface area contributed by atoms with Crippen LogP contribution < -0.4 is 0 Å². The zero-order valence-electron chi connectivity index (χ0n) is 10.7. The average Bonchev–Trinajstić information content (AvgIpc) is 2.85. The van der Waals surface area contributed by atoms with Crippen molar-refractivity contribution in [2.45, 2.75) is 32.7 Å². The number of hydrogen-bond donors (Lipinski definition) is 1. The molecule has 0 aromatic carbocycles. The van der Waals surface area contributed by atoms with Crippen LogP contribution in [0.4, 0.5) is 0 Å². The number of alkyl halides is 1. The van der Waals surface area contributed by atoms with E-state index >= 15 is 0 Å². The van der Waals surface area contributed by atoms with Gasteiger partial charge in [-0.05, 0) is 38.8 Å². The van der Waals surface area contributed by atoms with Crippen LogP contribution in [0.25, 0.3) is 0 Å². The number of aryl methyl sites for hydroxylation is 2. The summed E-state index contributed by atoms with van der Waals surface area (Å²) in [6, 6.07) is 4.32. The van der Waals surface area contributed by atoms with E-state index in [4.69, 9.17) is 0 Å². The number of carboxylic acids is 1. The Morgan fingerprint density at radius 3 is 2.61 bits per heavy atom. The maximum atomic E-state index is 11.5. The van der Waals surface area contributed by atoms with Gasteiger partial charge in [-0.2, -0.15) is 0 Å². The number of aromatic nitrogens is 1. The number of nitrogens with zero attached hydrogens (tertiary/aromatic N) is 1. The van der Waals surface area contributed by atoms with E-state index in [1.165, 1.54) is 11.4 Å². The highest BCUT2D eigenvalue weighted by molar-refractivity contribution is 9.09. The van der Waals surface area contributed by atoms with Gasteiger partial charge in [-0.1, -0.05) is 28.1 Å². The molecule has 2 atom stereocenters. The highest BCUT2D eigenvalue weighted by Gasteiger charge is 2.41. The van der Waals surface area contributed by atoms with Crippen LogP contribution in [0.1, 0.15) is 30.3 Å². The fourth-order valence-corrected chi connectivity index (χ4v) is 3.51.